The molecule has 0 heterocycles. The summed E-state index contributed by atoms with van der Waals surface area (Å²) in [6.45, 7) is 0. The van der Waals surface area contributed by atoms with Gasteiger partial charge in [-0.05, 0) is 5.56 Å². The van der Waals surface area contributed by atoms with Crippen molar-refractivity contribution >= 4 is 45.1 Å². The van der Waals surface area contributed by atoms with Gasteiger partial charge in [0, 0.05) is 0 Å². The van der Waals surface area contributed by atoms with Crippen LogP contribution in [0.2, 0.25) is 0 Å². The number of halogens is 6. The van der Waals surface area contributed by atoms with E-state index in [1.54, 1.807) is 21.8 Å². The number of esters is 1. The van der Waals surface area contributed by atoms with E-state index < -0.39 is 45.4 Å². The minimum Gasteiger partial charge on any atom is -0.435 e. The first-order valence-corrected chi connectivity index (χ1v) is 9.54. The van der Waals surface area contributed by atoms with Crippen molar-refractivity contribution in [3.05, 3.63) is 28.8 Å². The standard InChI is InChI=1S/C13H15B3F6O5S/c14-3-6-1-7(16)2-8(9(6)4-15)10(23)27-11(12(17,18)19,13(20,21)22)5-28(24,25)26/h1-2H,3-5,14-16H2,(H,24,25,26). The van der Waals surface area contributed by atoms with Crippen molar-refractivity contribution in [3.8, 4) is 0 Å². The average molecular weight is 430 g/mol. The lowest BCUT2D eigenvalue weighted by atomic mass is 9.80. The SMILES string of the molecule is BCc1cc(B)cc(C(=O)OC(CS(=O)(=O)O)(C(F)(F)F)C(F)(F)F)c1CB. The quantitative estimate of drug-likeness (QED) is 0.275. The van der Waals surface area contributed by atoms with Gasteiger partial charge in [0.25, 0.3) is 10.1 Å². The minimum absolute atomic E-state index is 0.108. The van der Waals surface area contributed by atoms with Gasteiger partial charge in [-0.1, -0.05) is 35.8 Å². The van der Waals surface area contributed by atoms with Crippen LogP contribution >= 0.6 is 0 Å². The van der Waals surface area contributed by atoms with Gasteiger partial charge in [0.2, 0.25) is 0 Å². The molecule has 0 aliphatic rings. The zero-order valence-electron chi connectivity index (χ0n) is 15.0. The summed E-state index contributed by atoms with van der Waals surface area (Å²) in [4.78, 5) is 12.3. The van der Waals surface area contributed by atoms with Gasteiger partial charge in [0.1, 0.15) is 29.3 Å². The van der Waals surface area contributed by atoms with Crippen LogP contribution in [-0.2, 0) is 27.5 Å². The molecule has 0 aliphatic heterocycles. The van der Waals surface area contributed by atoms with Crippen LogP contribution < -0.4 is 5.46 Å². The third-order valence-electron chi connectivity index (χ3n) is 4.01. The number of alkyl halides is 6. The fourth-order valence-electron chi connectivity index (χ4n) is 2.75. The topological polar surface area (TPSA) is 80.7 Å². The fraction of sp³-hybridized carbons (Fsp3) is 0.462. The van der Waals surface area contributed by atoms with Crippen LogP contribution in [0.4, 0.5) is 26.3 Å². The van der Waals surface area contributed by atoms with Crippen molar-refractivity contribution in [2.45, 2.75) is 30.6 Å². The molecule has 15 heteroatoms. The first-order valence-electron chi connectivity index (χ1n) is 7.93. The summed E-state index contributed by atoms with van der Waals surface area (Å²) >= 11 is 0. The van der Waals surface area contributed by atoms with Gasteiger partial charge < -0.3 is 4.74 Å². The number of ether oxygens (including phenoxy) is 1. The molecule has 1 N–H and O–H groups in total. The molecule has 0 radical (unpaired) electrons. The Morgan fingerprint density at radius 1 is 1.04 bits per heavy atom. The fourth-order valence-corrected chi connectivity index (χ4v) is 3.65. The lowest BCUT2D eigenvalue weighted by Gasteiger charge is -2.35. The molecule has 28 heavy (non-hydrogen) atoms. The zero-order valence-corrected chi connectivity index (χ0v) is 15.8. The molecule has 0 amide bonds. The minimum atomic E-state index is -6.36. The smallest absolute Gasteiger partial charge is 0.435 e. The zero-order chi connectivity index (χ0) is 22.1. The Kier molecular flexibility index (Phi) is 6.99. The molecule has 0 unspecified atom stereocenters. The Morgan fingerprint density at radius 3 is 1.89 bits per heavy atom. The van der Waals surface area contributed by atoms with Crippen LogP contribution in [0.5, 0.6) is 0 Å². The molecule has 1 rings (SSSR count). The van der Waals surface area contributed by atoms with E-state index in [0.29, 0.717) is 17.3 Å². The largest absolute Gasteiger partial charge is 0.438 e. The molecule has 0 bridgehead atoms. The van der Waals surface area contributed by atoms with Gasteiger partial charge in [0.05, 0.1) is 5.56 Å². The normalized spacial score (nSPS) is 13.4. The van der Waals surface area contributed by atoms with Gasteiger partial charge in [-0.25, -0.2) is 4.79 Å². The third-order valence-corrected chi connectivity index (χ3v) is 4.78. The van der Waals surface area contributed by atoms with Gasteiger partial charge >= 0.3 is 23.9 Å². The van der Waals surface area contributed by atoms with Crippen LogP contribution in [0.1, 0.15) is 21.5 Å². The lowest BCUT2D eigenvalue weighted by molar-refractivity contribution is -0.356. The highest BCUT2D eigenvalue weighted by Crippen LogP contribution is 2.47. The van der Waals surface area contributed by atoms with Crippen LogP contribution in [-0.4, -0.2) is 66.2 Å². The molecule has 0 aliphatic carbocycles. The highest BCUT2D eigenvalue weighted by molar-refractivity contribution is 7.85. The predicted octanol–water partition coefficient (Wildman–Crippen LogP) is -0.881. The monoisotopic (exact) mass is 430 g/mol. The number of hydrogen-bond acceptors (Lipinski definition) is 4. The van der Waals surface area contributed by atoms with E-state index in [0.717, 1.165) is 6.07 Å². The molecule has 0 saturated heterocycles. The van der Waals surface area contributed by atoms with Crippen LogP contribution in [0.25, 0.3) is 0 Å². The van der Waals surface area contributed by atoms with Crippen LogP contribution in [0, 0.1) is 0 Å². The Morgan fingerprint density at radius 2 is 1.54 bits per heavy atom. The Hall–Kier alpha value is -1.63. The molecule has 0 aromatic heterocycles. The molecule has 1 aromatic rings. The maximum absolute atomic E-state index is 13.3. The lowest BCUT2D eigenvalue weighted by Crippen LogP contribution is -2.63. The van der Waals surface area contributed by atoms with Crippen molar-refractivity contribution in [2.24, 2.45) is 0 Å². The van der Waals surface area contributed by atoms with E-state index in [1.165, 1.54) is 7.85 Å². The Bertz CT molecular complexity index is 839. The summed E-state index contributed by atoms with van der Waals surface area (Å²) in [6, 6.07) is 2.68. The predicted molar refractivity (Wildman–Crippen MR) is 95.8 cm³/mol. The first kappa shape index (κ1) is 24.4. The van der Waals surface area contributed by atoms with E-state index in [2.05, 4.69) is 4.74 Å². The summed E-state index contributed by atoms with van der Waals surface area (Å²) in [7, 11) is -1.13. The van der Waals surface area contributed by atoms with E-state index in [9.17, 15) is 39.6 Å². The third kappa shape index (κ3) is 5.05. The highest BCUT2D eigenvalue weighted by Gasteiger charge is 2.76. The molecular weight excluding hydrogens is 415 g/mol. The first-order chi connectivity index (χ1) is 12.5. The van der Waals surface area contributed by atoms with Crippen molar-refractivity contribution in [1.82, 2.24) is 0 Å². The Balaban J connectivity index is 3.66. The molecule has 0 spiro atoms. The van der Waals surface area contributed by atoms with E-state index >= 15 is 0 Å². The second-order valence-corrected chi connectivity index (χ2v) is 7.55. The van der Waals surface area contributed by atoms with Crippen molar-refractivity contribution in [3.63, 3.8) is 0 Å². The van der Waals surface area contributed by atoms with Crippen molar-refractivity contribution < 1.29 is 48.8 Å². The molecule has 5 nitrogen and oxygen atoms in total. The number of rotatable bonds is 6. The van der Waals surface area contributed by atoms with Crippen LogP contribution in [0.3, 0.4) is 0 Å². The number of benzene rings is 1. The molecule has 0 fully saturated rings. The second-order valence-electron chi connectivity index (χ2n) is 6.10. The summed E-state index contributed by atoms with van der Waals surface area (Å²) < 4.78 is 114. The number of carbonyl (C=O) groups excluding carboxylic acids is 1. The Labute approximate surface area is 159 Å². The summed E-state index contributed by atoms with van der Waals surface area (Å²) in [5.74, 6) is -4.90. The van der Waals surface area contributed by atoms with Gasteiger partial charge in [-0.15, -0.1) is 0 Å². The van der Waals surface area contributed by atoms with Crippen LogP contribution in [0.15, 0.2) is 12.1 Å². The van der Waals surface area contributed by atoms with Gasteiger partial charge in [0.15, 0.2) is 0 Å². The summed E-state index contributed by atoms with van der Waals surface area (Å²) in [6.07, 6.45) is -12.3. The summed E-state index contributed by atoms with van der Waals surface area (Å²) in [5.41, 5.74) is -4.86. The maximum atomic E-state index is 13.3. The molecule has 154 valence electrons. The number of carbonyl (C=O) groups is 1. The van der Waals surface area contributed by atoms with Gasteiger partial charge in [-0.3, -0.25) is 4.55 Å². The molecule has 1 aromatic carbocycles. The molecule has 0 atom stereocenters. The van der Waals surface area contributed by atoms with Crippen molar-refractivity contribution in [1.29, 1.82) is 0 Å². The molecular formula is C13H15B3F6O5S. The van der Waals surface area contributed by atoms with E-state index in [1.807, 2.05) is 0 Å². The maximum Gasteiger partial charge on any atom is 0.438 e. The van der Waals surface area contributed by atoms with Gasteiger partial charge in [-0.2, -0.15) is 34.8 Å². The second kappa shape index (κ2) is 8.01. The number of hydrogen-bond donors (Lipinski definition) is 1. The van der Waals surface area contributed by atoms with Crippen molar-refractivity contribution in [2.75, 3.05) is 5.75 Å². The average Bonchev–Trinajstić information content (AvgIpc) is 2.49. The summed E-state index contributed by atoms with van der Waals surface area (Å²) in [5, 5.41) is 0. The molecule has 0 saturated carbocycles. The van der Waals surface area contributed by atoms with E-state index in [-0.39, 0.29) is 11.9 Å². The van der Waals surface area contributed by atoms with E-state index in [4.69, 9.17) is 4.55 Å². The highest BCUT2D eigenvalue weighted by atomic mass is 32.2.